The van der Waals surface area contributed by atoms with Crippen LogP contribution in [0.2, 0.25) is 0 Å². The third-order valence-electron chi connectivity index (χ3n) is 4.71. The minimum Gasteiger partial charge on any atom is -0.468 e. The molecule has 1 unspecified atom stereocenters. The second-order valence-electron chi connectivity index (χ2n) is 6.99. The number of pyridine rings is 1. The van der Waals surface area contributed by atoms with Crippen LogP contribution in [0.15, 0.2) is 64.4 Å². The molecule has 1 atom stereocenters. The number of nitro groups is 1. The van der Waals surface area contributed by atoms with Gasteiger partial charge in [-0.25, -0.2) is 8.42 Å². The van der Waals surface area contributed by atoms with Crippen molar-refractivity contribution in [1.82, 2.24) is 4.98 Å². The Morgan fingerprint density at radius 2 is 1.87 bits per heavy atom. The minimum absolute atomic E-state index is 0.0212. The molecule has 3 aromatic rings. The summed E-state index contributed by atoms with van der Waals surface area (Å²) >= 11 is 0. The highest BCUT2D eigenvalue weighted by atomic mass is 32.2. The molecule has 0 aliphatic heterocycles. The van der Waals surface area contributed by atoms with Crippen molar-refractivity contribution in [2.24, 2.45) is 5.92 Å². The van der Waals surface area contributed by atoms with Crippen molar-refractivity contribution in [2.75, 3.05) is 6.61 Å². The number of hydrogen-bond donors (Lipinski definition) is 0. The van der Waals surface area contributed by atoms with Crippen LogP contribution in [0.3, 0.4) is 0 Å². The standard InChI is InChI=1S/C21H20N2O6S/c1-15(13-29-14-24)5-8-17-9-6-16-7-10-20(12-21(16)22-17)30(27,28)19-4-2-3-18(11-19)23(25)26/h2-4,6-7,9-12,14-15H,5,8,13H2,1H3. The zero-order chi connectivity index (χ0) is 21.7. The van der Waals surface area contributed by atoms with Crippen LogP contribution in [-0.2, 0) is 25.8 Å². The van der Waals surface area contributed by atoms with Crippen LogP contribution < -0.4 is 0 Å². The maximum absolute atomic E-state index is 13.0. The predicted octanol–water partition coefficient (Wildman–Crippen LogP) is 3.72. The van der Waals surface area contributed by atoms with E-state index in [0.29, 0.717) is 25.0 Å². The van der Waals surface area contributed by atoms with Gasteiger partial charge in [-0.2, -0.15) is 0 Å². The second kappa shape index (κ2) is 9.00. The number of non-ortho nitro benzene ring substituents is 1. The quantitative estimate of drug-likeness (QED) is 0.290. The first-order valence-electron chi connectivity index (χ1n) is 9.26. The number of fused-ring (bicyclic) bond motifs is 1. The van der Waals surface area contributed by atoms with Crippen LogP contribution in [0.5, 0.6) is 0 Å². The van der Waals surface area contributed by atoms with Gasteiger partial charge in [0.15, 0.2) is 0 Å². The second-order valence-corrected chi connectivity index (χ2v) is 8.94. The van der Waals surface area contributed by atoms with Gasteiger partial charge in [-0.1, -0.05) is 25.1 Å². The molecule has 0 aliphatic carbocycles. The molecular formula is C21H20N2O6S. The summed E-state index contributed by atoms with van der Waals surface area (Å²) in [6.07, 6.45) is 1.42. The fourth-order valence-electron chi connectivity index (χ4n) is 3.03. The van der Waals surface area contributed by atoms with Gasteiger partial charge in [-0.3, -0.25) is 19.9 Å². The molecule has 30 heavy (non-hydrogen) atoms. The van der Waals surface area contributed by atoms with Crippen LogP contribution in [0.4, 0.5) is 5.69 Å². The number of carbonyl (C=O) groups excluding carboxylic acids is 1. The number of aryl methyl sites for hydroxylation is 1. The Morgan fingerprint density at radius 3 is 2.60 bits per heavy atom. The lowest BCUT2D eigenvalue weighted by Gasteiger charge is -2.10. The summed E-state index contributed by atoms with van der Waals surface area (Å²) in [7, 11) is -3.93. The van der Waals surface area contributed by atoms with E-state index in [-0.39, 0.29) is 21.4 Å². The third kappa shape index (κ3) is 4.80. The van der Waals surface area contributed by atoms with Crippen LogP contribution in [0.25, 0.3) is 10.9 Å². The maximum atomic E-state index is 13.0. The van der Waals surface area contributed by atoms with E-state index in [2.05, 4.69) is 4.98 Å². The Bertz CT molecular complexity index is 1190. The summed E-state index contributed by atoms with van der Waals surface area (Å²) in [5.74, 6) is 0.174. The van der Waals surface area contributed by atoms with Gasteiger partial charge in [-0.15, -0.1) is 0 Å². The molecule has 0 spiro atoms. The summed E-state index contributed by atoms with van der Waals surface area (Å²) in [6.45, 7) is 2.73. The SMILES string of the molecule is CC(CCc1ccc2ccc(S(=O)(=O)c3cccc([N+](=O)[O-])c3)cc2n1)COC=O. The number of nitro benzene ring substituents is 1. The normalized spacial score (nSPS) is 12.4. The summed E-state index contributed by atoms with van der Waals surface area (Å²) in [6, 6.07) is 13.3. The Hall–Kier alpha value is -3.33. The number of aromatic nitrogens is 1. The van der Waals surface area contributed by atoms with Gasteiger partial charge in [0.2, 0.25) is 9.84 Å². The van der Waals surface area contributed by atoms with Crippen molar-refractivity contribution >= 4 is 32.9 Å². The van der Waals surface area contributed by atoms with Gasteiger partial charge in [0.1, 0.15) is 0 Å². The lowest BCUT2D eigenvalue weighted by molar-refractivity contribution is -0.385. The minimum atomic E-state index is -3.93. The number of benzene rings is 2. The molecule has 0 radical (unpaired) electrons. The lowest BCUT2D eigenvalue weighted by atomic mass is 10.0. The molecule has 0 bridgehead atoms. The number of nitrogens with zero attached hydrogens (tertiary/aromatic N) is 2. The molecule has 156 valence electrons. The van der Waals surface area contributed by atoms with Crippen LogP contribution in [0.1, 0.15) is 19.0 Å². The molecule has 1 aromatic heterocycles. The van der Waals surface area contributed by atoms with E-state index in [0.717, 1.165) is 23.6 Å². The lowest BCUT2D eigenvalue weighted by Crippen LogP contribution is -2.07. The topological polar surface area (TPSA) is 116 Å². The maximum Gasteiger partial charge on any atom is 0.293 e. The van der Waals surface area contributed by atoms with E-state index in [4.69, 9.17) is 4.74 Å². The van der Waals surface area contributed by atoms with Gasteiger partial charge in [0, 0.05) is 23.2 Å². The van der Waals surface area contributed by atoms with Crippen molar-refractivity contribution < 1.29 is 22.9 Å². The zero-order valence-electron chi connectivity index (χ0n) is 16.2. The predicted molar refractivity (Wildman–Crippen MR) is 110 cm³/mol. The molecule has 9 heteroatoms. The van der Waals surface area contributed by atoms with E-state index in [1.54, 1.807) is 6.07 Å². The molecule has 2 aromatic carbocycles. The number of sulfone groups is 1. The van der Waals surface area contributed by atoms with Crippen molar-refractivity contribution in [3.63, 3.8) is 0 Å². The van der Waals surface area contributed by atoms with E-state index < -0.39 is 14.8 Å². The Morgan fingerprint density at radius 1 is 1.13 bits per heavy atom. The summed E-state index contributed by atoms with van der Waals surface area (Å²) in [5.41, 5.74) is 1.03. The number of rotatable bonds is 9. The first-order chi connectivity index (χ1) is 14.3. The Kier molecular flexibility index (Phi) is 6.41. The average molecular weight is 428 g/mol. The first kappa shape index (κ1) is 21.4. The average Bonchev–Trinajstić information content (AvgIpc) is 2.75. The molecule has 0 fully saturated rings. The first-order valence-corrected chi connectivity index (χ1v) is 10.7. The van der Waals surface area contributed by atoms with Crippen molar-refractivity contribution in [2.45, 2.75) is 29.6 Å². The van der Waals surface area contributed by atoms with E-state index >= 15 is 0 Å². The van der Waals surface area contributed by atoms with Crippen LogP contribution >= 0.6 is 0 Å². The third-order valence-corrected chi connectivity index (χ3v) is 6.46. The van der Waals surface area contributed by atoms with E-state index in [9.17, 15) is 23.3 Å². The fraction of sp³-hybridized carbons (Fsp3) is 0.238. The number of carbonyl (C=O) groups is 1. The van der Waals surface area contributed by atoms with Crippen molar-refractivity contribution in [3.05, 3.63) is 70.4 Å². The molecule has 8 nitrogen and oxygen atoms in total. The molecule has 0 saturated carbocycles. The van der Waals surface area contributed by atoms with Crippen molar-refractivity contribution in [1.29, 1.82) is 0 Å². The van der Waals surface area contributed by atoms with Gasteiger partial charge < -0.3 is 4.74 Å². The molecule has 3 rings (SSSR count). The highest BCUT2D eigenvalue weighted by Gasteiger charge is 2.21. The summed E-state index contributed by atoms with van der Waals surface area (Å²) in [4.78, 5) is 25.1. The number of ether oxygens (including phenoxy) is 1. The molecule has 0 aliphatic rings. The molecule has 1 heterocycles. The van der Waals surface area contributed by atoms with Gasteiger partial charge in [0.05, 0.1) is 26.8 Å². The molecule has 0 saturated heterocycles. The summed E-state index contributed by atoms with van der Waals surface area (Å²) < 4.78 is 30.7. The van der Waals surface area contributed by atoms with E-state index in [1.165, 1.54) is 30.3 Å². The Labute approximate surface area is 173 Å². The highest BCUT2D eigenvalue weighted by molar-refractivity contribution is 7.91. The molecule has 0 N–H and O–H groups in total. The molecular weight excluding hydrogens is 408 g/mol. The van der Waals surface area contributed by atoms with Gasteiger partial charge in [-0.05, 0) is 43.0 Å². The van der Waals surface area contributed by atoms with Crippen molar-refractivity contribution in [3.8, 4) is 0 Å². The molecule has 0 amide bonds. The number of hydrogen-bond acceptors (Lipinski definition) is 7. The van der Waals surface area contributed by atoms with Gasteiger partial charge >= 0.3 is 0 Å². The monoisotopic (exact) mass is 428 g/mol. The van der Waals surface area contributed by atoms with Crippen LogP contribution in [-0.4, -0.2) is 31.4 Å². The van der Waals surface area contributed by atoms with E-state index in [1.807, 2.05) is 19.1 Å². The fourth-order valence-corrected chi connectivity index (χ4v) is 4.35. The van der Waals surface area contributed by atoms with Crippen LogP contribution in [0, 0.1) is 16.0 Å². The largest absolute Gasteiger partial charge is 0.468 e. The zero-order valence-corrected chi connectivity index (χ0v) is 17.0. The van der Waals surface area contributed by atoms with Gasteiger partial charge in [0.25, 0.3) is 12.2 Å². The highest BCUT2D eigenvalue weighted by Crippen LogP contribution is 2.26. The Balaban J connectivity index is 1.89. The summed E-state index contributed by atoms with van der Waals surface area (Å²) in [5, 5.41) is 11.8. The smallest absolute Gasteiger partial charge is 0.293 e.